The van der Waals surface area contributed by atoms with E-state index in [9.17, 15) is 13.6 Å². The smallest absolute Gasteiger partial charge is 0.261 e. The topological polar surface area (TPSA) is 47.8 Å². The fourth-order valence-electron chi connectivity index (χ4n) is 3.64. The number of fused-ring (bicyclic) bond motifs is 3. The van der Waals surface area contributed by atoms with Gasteiger partial charge in [-0.3, -0.25) is 9.36 Å². The second-order valence-corrected chi connectivity index (χ2v) is 6.73. The molecular formula is C20H13F2N3O. The number of alkyl halides is 2. The van der Waals surface area contributed by atoms with Gasteiger partial charge in [0.25, 0.3) is 11.5 Å². The van der Waals surface area contributed by atoms with Crippen LogP contribution in [0.4, 0.5) is 8.78 Å². The zero-order valence-electron chi connectivity index (χ0n) is 13.6. The highest BCUT2D eigenvalue weighted by Gasteiger charge is 2.69. The quantitative estimate of drug-likeness (QED) is 0.586. The Labute approximate surface area is 147 Å². The summed E-state index contributed by atoms with van der Waals surface area (Å²) in [7, 11) is 0. The van der Waals surface area contributed by atoms with E-state index < -0.39 is 17.8 Å². The van der Waals surface area contributed by atoms with Crippen LogP contribution in [0.3, 0.4) is 0 Å². The van der Waals surface area contributed by atoms with E-state index in [0.717, 1.165) is 0 Å². The average molecular weight is 349 g/mol. The molecule has 1 saturated carbocycles. The molecule has 1 fully saturated rings. The molecule has 0 bridgehead atoms. The molecule has 3 aromatic rings. The van der Waals surface area contributed by atoms with Crippen molar-refractivity contribution in [2.75, 3.05) is 0 Å². The van der Waals surface area contributed by atoms with Crippen molar-refractivity contribution in [3.63, 3.8) is 0 Å². The third-order valence-electron chi connectivity index (χ3n) is 5.18. The maximum Gasteiger partial charge on any atom is 0.261 e. The van der Waals surface area contributed by atoms with Crippen LogP contribution in [-0.2, 0) is 13.0 Å². The summed E-state index contributed by atoms with van der Waals surface area (Å²) in [6.07, 6.45) is 1.81. The summed E-state index contributed by atoms with van der Waals surface area (Å²) in [6.45, 7) is 0.0516. The van der Waals surface area contributed by atoms with Gasteiger partial charge in [-0.05, 0) is 36.3 Å². The van der Waals surface area contributed by atoms with E-state index in [1.54, 1.807) is 30.5 Å². The molecule has 5 rings (SSSR count). The summed E-state index contributed by atoms with van der Waals surface area (Å²) in [5.74, 6) is 2.31. The van der Waals surface area contributed by atoms with Crippen molar-refractivity contribution in [2.24, 2.45) is 11.8 Å². The van der Waals surface area contributed by atoms with Crippen molar-refractivity contribution < 1.29 is 8.78 Å². The zero-order valence-corrected chi connectivity index (χ0v) is 13.6. The van der Waals surface area contributed by atoms with E-state index in [1.807, 2.05) is 12.1 Å². The number of pyridine rings is 1. The van der Waals surface area contributed by atoms with Crippen molar-refractivity contribution >= 4 is 10.9 Å². The number of benzene rings is 1. The summed E-state index contributed by atoms with van der Waals surface area (Å²) in [5, 5.41) is 0.430. The summed E-state index contributed by atoms with van der Waals surface area (Å²) in [5.41, 5.74) is 1.59. The van der Waals surface area contributed by atoms with E-state index >= 15 is 0 Å². The Morgan fingerprint density at radius 2 is 2.04 bits per heavy atom. The van der Waals surface area contributed by atoms with Crippen LogP contribution in [0.15, 0.2) is 47.4 Å². The minimum atomic E-state index is -2.67. The van der Waals surface area contributed by atoms with Gasteiger partial charge in [-0.1, -0.05) is 12.0 Å². The Morgan fingerprint density at radius 1 is 1.15 bits per heavy atom. The molecule has 2 aliphatic rings. The molecule has 26 heavy (non-hydrogen) atoms. The minimum absolute atomic E-state index is 0.0516. The van der Waals surface area contributed by atoms with E-state index in [0.29, 0.717) is 28.0 Å². The maximum absolute atomic E-state index is 13.7. The first-order chi connectivity index (χ1) is 12.5. The van der Waals surface area contributed by atoms with E-state index in [4.69, 9.17) is 0 Å². The predicted molar refractivity (Wildman–Crippen MR) is 91.9 cm³/mol. The van der Waals surface area contributed by atoms with Crippen LogP contribution in [-0.4, -0.2) is 20.5 Å². The van der Waals surface area contributed by atoms with Crippen molar-refractivity contribution in [3.05, 3.63) is 70.0 Å². The molecule has 0 spiro atoms. The highest BCUT2D eigenvalue weighted by molar-refractivity contribution is 5.79. The standard InChI is InChI=1S/C20H13F2N3O/c21-20(22)15-10-18-24-17-9-12(4-6-13-3-1-2-8-23-13)5-7-14(17)19(26)25(18)11-16(15)20/h1-3,5,7-9,15-16H,10-11H2. The molecule has 0 N–H and O–H groups in total. The van der Waals surface area contributed by atoms with Gasteiger partial charge in [0.1, 0.15) is 11.5 Å². The molecule has 4 nitrogen and oxygen atoms in total. The third kappa shape index (κ3) is 2.24. The van der Waals surface area contributed by atoms with Crippen molar-refractivity contribution in [1.29, 1.82) is 0 Å². The molecule has 2 atom stereocenters. The summed E-state index contributed by atoms with van der Waals surface area (Å²) < 4.78 is 28.8. The Morgan fingerprint density at radius 3 is 2.85 bits per heavy atom. The van der Waals surface area contributed by atoms with Crippen LogP contribution in [0.25, 0.3) is 10.9 Å². The molecule has 2 aromatic heterocycles. The SMILES string of the molecule is O=c1c2ccc(C#Cc3ccccn3)cc2nc2n1CC1C(C2)C1(F)F. The molecule has 6 heteroatoms. The molecule has 1 aliphatic carbocycles. The molecule has 0 amide bonds. The van der Waals surface area contributed by atoms with E-state index in [-0.39, 0.29) is 18.5 Å². The number of aromatic nitrogens is 3. The lowest BCUT2D eigenvalue weighted by atomic mass is 10.1. The van der Waals surface area contributed by atoms with Gasteiger partial charge in [0, 0.05) is 30.6 Å². The third-order valence-corrected chi connectivity index (χ3v) is 5.18. The second kappa shape index (κ2) is 5.21. The molecule has 3 heterocycles. The van der Waals surface area contributed by atoms with E-state index in [2.05, 4.69) is 21.8 Å². The highest BCUT2D eigenvalue weighted by atomic mass is 19.3. The number of halogens is 2. The number of rotatable bonds is 0. The minimum Gasteiger partial charge on any atom is -0.296 e. The summed E-state index contributed by atoms with van der Waals surface area (Å²) in [6, 6.07) is 10.6. The molecule has 1 aromatic carbocycles. The predicted octanol–water partition coefficient (Wildman–Crippen LogP) is 2.63. The van der Waals surface area contributed by atoms with Gasteiger partial charge in [0.15, 0.2) is 0 Å². The largest absolute Gasteiger partial charge is 0.296 e. The van der Waals surface area contributed by atoms with Gasteiger partial charge in [-0.2, -0.15) is 0 Å². The van der Waals surface area contributed by atoms with Crippen LogP contribution in [0.1, 0.15) is 17.1 Å². The fraction of sp³-hybridized carbons (Fsp3) is 0.250. The first-order valence-electron chi connectivity index (χ1n) is 8.38. The van der Waals surface area contributed by atoms with Crippen molar-refractivity contribution in [1.82, 2.24) is 14.5 Å². The van der Waals surface area contributed by atoms with Crippen LogP contribution < -0.4 is 5.56 Å². The van der Waals surface area contributed by atoms with Gasteiger partial charge in [0.05, 0.1) is 16.8 Å². The van der Waals surface area contributed by atoms with Gasteiger partial charge in [-0.15, -0.1) is 0 Å². The monoisotopic (exact) mass is 349 g/mol. The van der Waals surface area contributed by atoms with Gasteiger partial charge in [0.2, 0.25) is 0 Å². The van der Waals surface area contributed by atoms with Crippen LogP contribution >= 0.6 is 0 Å². The average Bonchev–Trinajstić information content (AvgIpc) is 3.19. The lowest BCUT2D eigenvalue weighted by Crippen LogP contribution is -2.29. The van der Waals surface area contributed by atoms with Gasteiger partial charge in [-0.25, -0.2) is 18.7 Å². The fourth-order valence-corrected chi connectivity index (χ4v) is 3.64. The number of hydrogen-bond donors (Lipinski definition) is 0. The van der Waals surface area contributed by atoms with Gasteiger partial charge >= 0.3 is 0 Å². The molecule has 0 saturated heterocycles. The van der Waals surface area contributed by atoms with Crippen LogP contribution in [0.2, 0.25) is 0 Å². The first-order valence-corrected chi connectivity index (χ1v) is 8.38. The number of nitrogens with zero attached hydrogens (tertiary/aromatic N) is 3. The molecule has 0 radical (unpaired) electrons. The Bertz CT molecular complexity index is 1160. The highest BCUT2D eigenvalue weighted by Crippen LogP contribution is 2.58. The van der Waals surface area contributed by atoms with Gasteiger partial charge < -0.3 is 0 Å². The van der Waals surface area contributed by atoms with E-state index in [1.165, 1.54) is 4.57 Å². The molecule has 1 aliphatic heterocycles. The second-order valence-electron chi connectivity index (χ2n) is 6.73. The summed E-state index contributed by atoms with van der Waals surface area (Å²) in [4.78, 5) is 21.3. The molecule has 2 unspecified atom stereocenters. The first kappa shape index (κ1) is 15.2. The Hall–Kier alpha value is -3.07. The van der Waals surface area contributed by atoms with Crippen LogP contribution in [0, 0.1) is 23.7 Å². The van der Waals surface area contributed by atoms with Crippen molar-refractivity contribution in [3.8, 4) is 11.8 Å². The lowest BCUT2D eigenvalue weighted by molar-refractivity contribution is 0.0839. The lowest BCUT2D eigenvalue weighted by Gasteiger charge is -2.16. The Balaban J connectivity index is 1.57. The number of hydrogen-bond acceptors (Lipinski definition) is 3. The maximum atomic E-state index is 13.7. The molecular weight excluding hydrogens is 336 g/mol. The zero-order chi connectivity index (χ0) is 17.9. The summed E-state index contributed by atoms with van der Waals surface area (Å²) >= 11 is 0. The normalized spacial score (nSPS) is 22.1. The Kier molecular flexibility index (Phi) is 3.05. The molecule has 128 valence electrons. The van der Waals surface area contributed by atoms with Crippen molar-refractivity contribution in [2.45, 2.75) is 18.9 Å². The van der Waals surface area contributed by atoms with Crippen LogP contribution in [0.5, 0.6) is 0 Å².